The summed E-state index contributed by atoms with van der Waals surface area (Å²) in [6, 6.07) is -0.790. The summed E-state index contributed by atoms with van der Waals surface area (Å²) in [4.78, 5) is 25.1. The lowest BCUT2D eigenvalue weighted by Crippen LogP contribution is -2.46. The summed E-state index contributed by atoms with van der Waals surface area (Å²) in [5, 5.41) is 13.7. The fourth-order valence-corrected chi connectivity index (χ4v) is 8.53. The van der Waals surface area contributed by atoms with Crippen LogP contribution in [0.25, 0.3) is 0 Å². The quantitative estimate of drug-likeness (QED) is 0.0359. The first-order valence-corrected chi connectivity index (χ1v) is 26.8. The predicted molar refractivity (Wildman–Crippen MR) is 247 cm³/mol. The van der Waals surface area contributed by atoms with E-state index in [2.05, 4.69) is 19.2 Å². The molecule has 0 rings (SSSR count). The number of phosphoric acid groups is 1. The standard InChI is InChI=1S/C49H101N2O6P/c1-6-8-10-12-13-14-15-16-17-18-19-20-21-22-23-24-25-26-27-28-29-30-31-32-33-34-35-36-37-38-39-41-43-49(53)50-47(48(52)42-40-11-9-7-2)46-57-58(54,55)56-45-44-51(3,4)5/h47-48,52H,6-46H2,1-5H3,(H-,50,53,54,55). The molecule has 0 heterocycles. The second-order valence-corrected chi connectivity index (χ2v) is 20.3. The number of unbranched alkanes of at least 4 members (excludes halogenated alkanes) is 34. The number of rotatable bonds is 47. The molecule has 0 aromatic heterocycles. The SMILES string of the molecule is CCCCCCCCCCCCCCCCCCCCCCCCCCCCCCCCCCC(=O)NC(COP(=O)([O-])OCC[N+](C)(C)C)C(O)CCCCCC. The number of nitrogens with zero attached hydrogens (tertiary/aromatic N) is 1. The van der Waals surface area contributed by atoms with Crippen LogP contribution in [-0.4, -0.2) is 68.5 Å². The Hall–Kier alpha value is -0.500. The first-order valence-electron chi connectivity index (χ1n) is 25.4. The molecule has 1 amide bonds. The molecule has 0 aliphatic carbocycles. The Morgan fingerprint density at radius 2 is 0.845 bits per heavy atom. The number of phosphoric ester groups is 1. The van der Waals surface area contributed by atoms with Gasteiger partial charge in [0.25, 0.3) is 7.82 Å². The number of carbonyl (C=O) groups is 1. The Balaban J connectivity index is 3.69. The van der Waals surface area contributed by atoms with Crippen LogP contribution < -0.4 is 10.2 Å². The van der Waals surface area contributed by atoms with Crippen LogP contribution in [-0.2, 0) is 18.4 Å². The van der Waals surface area contributed by atoms with Crippen LogP contribution in [0.2, 0.25) is 0 Å². The molecule has 0 radical (unpaired) electrons. The van der Waals surface area contributed by atoms with Gasteiger partial charge in [0.15, 0.2) is 0 Å². The number of carbonyl (C=O) groups excluding carboxylic acids is 1. The average molecular weight is 845 g/mol. The highest BCUT2D eigenvalue weighted by molar-refractivity contribution is 7.45. The van der Waals surface area contributed by atoms with Crippen molar-refractivity contribution in [3.63, 3.8) is 0 Å². The Morgan fingerprint density at radius 1 is 0.534 bits per heavy atom. The van der Waals surface area contributed by atoms with Crippen molar-refractivity contribution in [1.29, 1.82) is 0 Å². The molecule has 58 heavy (non-hydrogen) atoms. The van der Waals surface area contributed by atoms with Crippen LogP contribution in [0.3, 0.4) is 0 Å². The molecule has 0 aromatic carbocycles. The Bertz CT molecular complexity index is 916. The van der Waals surface area contributed by atoms with Gasteiger partial charge in [0.2, 0.25) is 5.91 Å². The largest absolute Gasteiger partial charge is 0.756 e. The smallest absolute Gasteiger partial charge is 0.268 e. The molecule has 3 unspecified atom stereocenters. The number of hydrogen-bond acceptors (Lipinski definition) is 6. The normalized spacial score (nSPS) is 14.1. The van der Waals surface area contributed by atoms with Crippen molar-refractivity contribution >= 4 is 13.7 Å². The number of quaternary nitrogens is 1. The van der Waals surface area contributed by atoms with Crippen molar-refractivity contribution in [2.24, 2.45) is 0 Å². The van der Waals surface area contributed by atoms with Crippen molar-refractivity contribution in [3.8, 4) is 0 Å². The molecule has 3 atom stereocenters. The molecule has 0 spiro atoms. The fraction of sp³-hybridized carbons (Fsp3) is 0.980. The van der Waals surface area contributed by atoms with Gasteiger partial charge in [-0.15, -0.1) is 0 Å². The van der Waals surface area contributed by atoms with Crippen LogP contribution in [0.5, 0.6) is 0 Å². The minimum absolute atomic E-state index is 0.0145. The van der Waals surface area contributed by atoms with Crippen LogP contribution in [0.4, 0.5) is 0 Å². The van der Waals surface area contributed by atoms with Crippen LogP contribution in [0.1, 0.15) is 258 Å². The van der Waals surface area contributed by atoms with Crippen molar-refractivity contribution in [2.75, 3.05) is 40.9 Å². The maximum atomic E-state index is 12.7. The zero-order valence-corrected chi connectivity index (χ0v) is 40.4. The number of likely N-dealkylation sites (N-methyl/N-ethyl adjacent to an activating group) is 1. The first kappa shape index (κ1) is 57.5. The second-order valence-electron chi connectivity index (χ2n) is 18.9. The predicted octanol–water partition coefficient (Wildman–Crippen LogP) is 13.9. The van der Waals surface area contributed by atoms with Gasteiger partial charge in [-0.1, -0.05) is 239 Å². The van der Waals surface area contributed by atoms with E-state index in [1.165, 1.54) is 186 Å². The summed E-state index contributed by atoms with van der Waals surface area (Å²) in [6.45, 7) is 4.62. The zero-order valence-electron chi connectivity index (χ0n) is 39.5. The maximum Gasteiger partial charge on any atom is 0.268 e. The van der Waals surface area contributed by atoms with Crippen molar-refractivity contribution < 1.29 is 32.9 Å². The number of aliphatic hydroxyl groups is 1. The molecule has 0 fully saturated rings. The van der Waals surface area contributed by atoms with Gasteiger partial charge in [0, 0.05) is 6.42 Å². The Morgan fingerprint density at radius 3 is 1.17 bits per heavy atom. The lowest BCUT2D eigenvalue weighted by Gasteiger charge is -2.30. The number of hydrogen-bond donors (Lipinski definition) is 2. The van der Waals surface area contributed by atoms with Crippen molar-refractivity contribution in [1.82, 2.24) is 5.32 Å². The monoisotopic (exact) mass is 845 g/mol. The van der Waals surface area contributed by atoms with E-state index < -0.39 is 20.0 Å². The minimum Gasteiger partial charge on any atom is -0.756 e. The van der Waals surface area contributed by atoms with E-state index in [9.17, 15) is 19.4 Å². The highest BCUT2D eigenvalue weighted by Crippen LogP contribution is 2.38. The topological polar surface area (TPSA) is 108 Å². The molecular weight excluding hydrogens is 744 g/mol. The summed E-state index contributed by atoms with van der Waals surface area (Å²) in [5.41, 5.74) is 0. The molecular formula is C49H101N2O6P. The fourth-order valence-electron chi connectivity index (χ4n) is 7.81. The molecule has 0 aliphatic heterocycles. The highest BCUT2D eigenvalue weighted by Gasteiger charge is 2.24. The highest BCUT2D eigenvalue weighted by atomic mass is 31.2. The molecule has 8 nitrogen and oxygen atoms in total. The van der Waals surface area contributed by atoms with Crippen molar-refractivity contribution in [2.45, 2.75) is 270 Å². The van der Waals surface area contributed by atoms with Gasteiger partial charge in [0.1, 0.15) is 13.2 Å². The molecule has 0 aliphatic rings. The molecule has 0 saturated heterocycles. The molecule has 0 saturated carbocycles. The van der Waals surface area contributed by atoms with Crippen LogP contribution in [0.15, 0.2) is 0 Å². The lowest BCUT2D eigenvalue weighted by molar-refractivity contribution is -0.870. The van der Waals surface area contributed by atoms with Gasteiger partial charge < -0.3 is 28.8 Å². The third-order valence-corrected chi connectivity index (χ3v) is 12.8. The third-order valence-electron chi connectivity index (χ3n) is 11.8. The van der Waals surface area contributed by atoms with Gasteiger partial charge in [-0.25, -0.2) is 0 Å². The van der Waals surface area contributed by atoms with Gasteiger partial charge in [-0.05, 0) is 12.8 Å². The summed E-state index contributed by atoms with van der Waals surface area (Å²) in [5.74, 6) is -0.168. The minimum atomic E-state index is -4.54. The Labute approximate surface area is 361 Å². The van der Waals surface area contributed by atoms with Gasteiger partial charge in [0.05, 0.1) is 39.9 Å². The summed E-state index contributed by atoms with van der Waals surface area (Å²) in [6.07, 6.45) is 47.9. The lowest BCUT2D eigenvalue weighted by atomic mass is 10.0. The summed E-state index contributed by atoms with van der Waals surface area (Å²) in [7, 11) is 1.31. The summed E-state index contributed by atoms with van der Waals surface area (Å²) < 4.78 is 23.0. The van der Waals surface area contributed by atoms with E-state index >= 15 is 0 Å². The number of nitrogens with one attached hydrogen (secondary N) is 1. The third kappa shape index (κ3) is 43.6. The van der Waals surface area contributed by atoms with E-state index in [4.69, 9.17) is 9.05 Å². The molecule has 0 aromatic rings. The Kier molecular flexibility index (Phi) is 41.5. The molecule has 0 bridgehead atoms. The first-order chi connectivity index (χ1) is 28.0. The molecule has 9 heteroatoms. The van der Waals surface area contributed by atoms with Crippen molar-refractivity contribution in [3.05, 3.63) is 0 Å². The van der Waals surface area contributed by atoms with Crippen LogP contribution in [0, 0.1) is 0 Å². The molecule has 348 valence electrons. The van der Waals surface area contributed by atoms with E-state index in [0.717, 1.165) is 44.9 Å². The van der Waals surface area contributed by atoms with Gasteiger partial charge in [-0.3, -0.25) is 9.36 Å². The van der Waals surface area contributed by atoms with E-state index in [1.54, 1.807) is 0 Å². The van der Waals surface area contributed by atoms with E-state index in [0.29, 0.717) is 23.9 Å². The number of amides is 1. The number of aliphatic hydroxyl groups excluding tert-OH is 1. The zero-order chi connectivity index (χ0) is 42.8. The average Bonchev–Trinajstić information content (AvgIpc) is 3.17. The summed E-state index contributed by atoms with van der Waals surface area (Å²) >= 11 is 0. The maximum absolute atomic E-state index is 12.7. The van der Waals surface area contributed by atoms with E-state index in [1.807, 2.05) is 21.1 Å². The van der Waals surface area contributed by atoms with E-state index in [-0.39, 0.29) is 19.1 Å². The van der Waals surface area contributed by atoms with Crippen LogP contribution >= 0.6 is 7.82 Å². The molecule has 2 N–H and O–H groups in total. The van der Waals surface area contributed by atoms with Gasteiger partial charge in [-0.2, -0.15) is 0 Å². The second kappa shape index (κ2) is 41.8. The van der Waals surface area contributed by atoms with Gasteiger partial charge >= 0.3 is 0 Å².